The molecule has 110 valence electrons. The first-order chi connectivity index (χ1) is 10.0. The van der Waals surface area contributed by atoms with Crippen molar-refractivity contribution in [1.29, 1.82) is 0 Å². The van der Waals surface area contributed by atoms with Gasteiger partial charge in [-0.15, -0.1) is 11.6 Å². The number of aromatic nitrogens is 1. The summed E-state index contributed by atoms with van der Waals surface area (Å²) in [5.41, 5.74) is 1.44. The summed E-state index contributed by atoms with van der Waals surface area (Å²) in [6, 6.07) is 6.11. The molecule has 1 aromatic heterocycles. The van der Waals surface area contributed by atoms with E-state index in [1.54, 1.807) is 13.1 Å². The largest absolute Gasteiger partial charge is 0.497 e. The van der Waals surface area contributed by atoms with E-state index in [9.17, 15) is 10.1 Å². The molecule has 0 aliphatic rings. The summed E-state index contributed by atoms with van der Waals surface area (Å²) < 4.78 is 10.6. The van der Waals surface area contributed by atoms with Crippen molar-refractivity contribution in [3.63, 3.8) is 0 Å². The second-order valence-corrected chi connectivity index (χ2v) is 4.56. The first-order valence-corrected chi connectivity index (χ1v) is 6.60. The summed E-state index contributed by atoms with van der Waals surface area (Å²) in [7, 11) is 1.48. The molecule has 0 atom stereocenters. The van der Waals surface area contributed by atoms with Gasteiger partial charge in [-0.1, -0.05) is 0 Å². The van der Waals surface area contributed by atoms with E-state index in [2.05, 4.69) is 4.98 Å². The van der Waals surface area contributed by atoms with E-state index in [4.69, 9.17) is 21.1 Å². The Morgan fingerprint density at radius 2 is 2.14 bits per heavy atom. The number of methoxy groups -OCH3 is 1. The number of pyridine rings is 1. The van der Waals surface area contributed by atoms with Crippen molar-refractivity contribution in [3.8, 4) is 17.4 Å². The highest BCUT2D eigenvalue weighted by molar-refractivity contribution is 6.17. The fraction of sp³-hybridized carbons (Fsp3) is 0.214. The summed E-state index contributed by atoms with van der Waals surface area (Å²) >= 11 is 5.73. The smallest absolute Gasteiger partial charge is 0.311 e. The van der Waals surface area contributed by atoms with Gasteiger partial charge in [-0.2, -0.15) is 0 Å². The number of nitrogens with zero attached hydrogens (tertiary/aromatic N) is 2. The van der Waals surface area contributed by atoms with Gasteiger partial charge in [0.2, 0.25) is 11.6 Å². The standard InChI is InChI=1S/C14H13ClN2O4/c1-9-5-10(7-15)8-16-14(9)21-13-6-11(20-2)3-4-12(13)17(18)19/h3-6,8H,7H2,1-2H3. The monoisotopic (exact) mass is 308 g/mol. The van der Waals surface area contributed by atoms with E-state index < -0.39 is 4.92 Å². The summed E-state index contributed by atoms with van der Waals surface area (Å²) in [4.78, 5) is 14.7. The number of nitro groups is 1. The number of rotatable bonds is 5. The number of benzene rings is 1. The van der Waals surface area contributed by atoms with E-state index in [1.807, 2.05) is 6.07 Å². The topological polar surface area (TPSA) is 74.5 Å². The lowest BCUT2D eigenvalue weighted by atomic mass is 10.2. The Morgan fingerprint density at radius 1 is 1.38 bits per heavy atom. The number of alkyl halides is 1. The van der Waals surface area contributed by atoms with Crippen LogP contribution in [-0.4, -0.2) is 17.0 Å². The van der Waals surface area contributed by atoms with Crippen LogP contribution in [0, 0.1) is 17.0 Å². The summed E-state index contributed by atoms with van der Waals surface area (Å²) in [5, 5.41) is 11.0. The third-order valence-corrected chi connectivity index (χ3v) is 3.12. The van der Waals surface area contributed by atoms with Gasteiger partial charge in [0.25, 0.3) is 0 Å². The summed E-state index contributed by atoms with van der Waals surface area (Å²) in [6.07, 6.45) is 1.57. The molecule has 2 rings (SSSR count). The lowest BCUT2D eigenvalue weighted by Crippen LogP contribution is -1.97. The number of aryl methyl sites for hydroxylation is 1. The van der Waals surface area contributed by atoms with Crippen LogP contribution in [0.5, 0.6) is 17.4 Å². The molecule has 1 heterocycles. The zero-order valence-corrected chi connectivity index (χ0v) is 12.3. The third kappa shape index (κ3) is 3.41. The Morgan fingerprint density at radius 3 is 2.71 bits per heavy atom. The molecule has 0 fully saturated rings. The van der Waals surface area contributed by atoms with Crippen LogP contribution in [0.1, 0.15) is 11.1 Å². The molecule has 1 aromatic carbocycles. The van der Waals surface area contributed by atoms with Crippen LogP contribution >= 0.6 is 11.6 Å². The van der Waals surface area contributed by atoms with Gasteiger partial charge in [-0.3, -0.25) is 10.1 Å². The minimum absolute atomic E-state index is 0.0774. The molecular formula is C14H13ClN2O4. The van der Waals surface area contributed by atoms with Crippen molar-refractivity contribution in [1.82, 2.24) is 4.98 Å². The van der Waals surface area contributed by atoms with Crippen LogP contribution in [0.2, 0.25) is 0 Å². The van der Waals surface area contributed by atoms with Gasteiger partial charge in [0.05, 0.1) is 12.0 Å². The van der Waals surface area contributed by atoms with Crippen molar-refractivity contribution < 1.29 is 14.4 Å². The minimum Gasteiger partial charge on any atom is -0.497 e. The molecule has 6 nitrogen and oxygen atoms in total. The van der Waals surface area contributed by atoms with Crippen molar-refractivity contribution in [2.24, 2.45) is 0 Å². The van der Waals surface area contributed by atoms with Gasteiger partial charge < -0.3 is 9.47 Å². The maximum atomic E-state index is 11.0. The molecular weight excluding hydrogens is 296 g/mol. The van der Waals surface area contributed by atoms with Gasteiger partial charge in [0.1, 0.15) is 5.75 Å². The second-order valence-electron chi connectivity index (χ2n) is 4.29. The summed E-state index contributed by atoms with van der Waals surface area (Å²) in [6.45, 7) is 1.80. The molecule has 0 saturated carbocycles. The Balaban J connectivity index is 2.40. The lowest BCUT2D eigenvalue weighted by molar-refractivity contribution is -0.385. The number of hydrogen-bond acceptors (Lipinski definition) is 5. The summed E-state index contributed by atoms with van der Waals surface area (Å²) in [5.74, 6) is 1.17. The van der Waals surface area contributed by atoms with E-state index >= 15 is 0 Å². The van der Waals surface area contributed by atoms with Crippen molar-refractivity contribution >= 4 is 17.3 Å². The Hall–Kier alpha value is -2.34. The van der Waals surface area contributed by atoms with Crippen LogP contribution < -0.4 is 9.47 Å². The number of ether oxygens (including phenoxy) is 2. The van der Waals surface area contributed by atoms with Crippen LogP contribution in [-0.2, 0) is 5.88 Å². The predicted molar refractivity (Wildman–Crippen MR) is 78.3 cm³/mol. The molecule has 0 aliphatic carbocycles. The molecule has 21 heavy (non-hydrogen) atoms. The van der Waals surface area contributed by atoms with Gasteiger partial charge in [-0.05, 0) is 24.6 Å². The van der Waals surface area contributed by atoms with Gasteiger partial charge in [-0.25, -0.2) is 4.98 Å². The van der Waals surface area contributed by atoms with Crippen LogP contribution in [0.25, 0.3) is 0 Å². The average molecular weight is 309 g/mol. The molecule has 0 unspecified atom stereocenters. The van der Waals surface area contributed by atoms with Crippen molar-refractivity contribution in [2.75, 3.05) is 7.11 Å². The predicted octanol–water partition coefficient (Wildman–Crippen LogP) is 3.84. The van der Waals surface area contributed by atoms with E-state index in [-0.39, 0.29) is 11.4 Å². The number of nitro benzene ring substituents is 1. The second kappa shape index (κ2) is 6.41. The highest BCUT2D eigenvalue weighted by atomic mass is 35.5. The fourth-order valence-corrected chi connectivity index (χ4v) is 1.90. The Bertz CT molecular complexity index is 676. The first kappa shape index (κ1) is 15.1. The highest BCUT2D eigenvalue weighted by Crippen LogP contribution is 2.35. The van der Waals surface area contributed by atoms with Gasteiger partial charge >= 0.3 is 5.69 Å². The maximum Gasteiger partial charge on any atom is 0.311 e. The average Bonchev–Trinajstić information content (AvgIpc) is 2.48. The quantitative estimate of drug-likeness (QED) is 0.476. The fourth-order valence-electron chi connectivity index (χ4n) is 1.76. The molecule has 0 aliphatic heterocycles. The molecule has 0 spiro atoms. The molecule has 0 bridgehead atoms. The molecule has 0 saturated heterocycles. The minimum atomic E-state index is -0.517. The normalized spacial score (nSPS) is 10.2. The zero-order chi connectivity index (χ0) is 15.4. The highest BCUT2D eigenvalue weighted by Gasteiger charge is 2.18. The zero-order valence-electron chi connectivity index (χ0n) is 11.5. The number of halogens is 1. The molecule has 2 aromatic rings. The van der Waals surface area contributed by atoms with E-state index in [0.717, 1.165) is 11.1 Å². The Labute approximate surface area is 126 Å². The SMILES string of the molecule is COc1ccc([N+](=O)[O-])c(Oc2ncc(CCl)cc2C)c1. The van der Waals surface area contributed by atoms with Gasteiger partial charge in [0.15, 0.2) is 0 Å². The van der Waals surface area contributed by atoms with E-state index in [0.29, 0.717) is 17.5 Å². The molecule has 0 N–H and O–H groups in total. The lowest BCUT2D eigenvalue weighted by Gasteiger charge is -2.10. The molecule has 7 heteroatoms. The van der Waals surface area contributed by atoms with Crippen LogP contribution in [0.4, 0.5) is 5.69 Å². The van der Waals surface area contributed by atoms with Crippen molar-refractivity contribution in [2.45, 2.75) is 12.8 Å². The third-order valence-electron chi connectivity index (χ3n) is 2.81. The van der Waals surface area contributed by atoms with Crippen molar-refractivity contribution in [3.05, 3.63) is 51.7 Å². The molecule has 0 amide bonds. The molecule has 0 radical (unpaired) electrons. The Kier molecular flexibility index (Phi) is 4.59. The first-order valence-electron chi connectivity index (χ1n) is 6.07. The van der Waals surface area contributed by atoms with Crippen LogP contribution in [0.15, 0.2) is 30.5 Å². The maximum absolute atomic E-state index is 11.0. The van der Waals surface area contributed by atoms with Crippen LogP contribution in [0.3, 0.4) is 0 Å². The van der Waals surface area contributed by atoms with Gasteiger partial charge in [0, 0.05) is 29.8 Å². The van der Waals surface area contributed by atoms with E-state index in [1.165, 1.54) is 25.3 Å². The number of hydrogen-bond donors (Lipinski definition) is 0.